The number of halogens is 1. The predicted octanol–water partition coefficient (Wildman–Crippen LogP) is 1.77. The Morgan fingerprint density at radius 2 is 1.92 bits per heavy atom. The summed E-state index contributed by atoms with van der Waals surface area (Å²) in [7, 11) is -3.36. The highest BCUT2D eigenvalue weighted by Gasteiger charge is 2.35. The van der Waals surface area contributed by atoms with Gasteiger partial charge < -0.3 is 24.9 Å². The molecule has 12 nitrogen and oxygen atoms in total. The molecule has 0 spiro atoms. The maximum Gasteiger partial charge on any atom is 0.322 e. The number of aliphatic carboxylic acids is 1. The lowest BCUT2D eigenvalue weighted by Crippen LogP contribution is -2.45. The van der Waals surface area contributed by atoms with E-state index in [2.05, 4.69) is 30.0 Å². The number of rotatable bonds is 9. The van der Waals surface area contributed by atoms with Crippen molar-refractivity contribution in [1.29, 1.82) is 0 Å². The van der Waals surface area contributed by atoms with Gasteiger partial charge in [-0.3, -0.25) is 4.79 Å². The van der Waals surface area contributed by atoms with Crippen molar-refractivity contribution in [1.82, 2.24) is 24.7 Å². The van der Waals surface area contributed by atoms with Crippen molar-refractivity contribution < 1.29 is 32.2 Å². The largest absolute Gasteiger partial charge is 0.480 e. The first-order valence-corrected chi connectivity index (χ1v) is 12.7. The first-order valence-electron chi connectivity index (χ1n) is 10.8. The van der Waals surface area contributed by atoms with Gasteiger partial charge in [-0.25, -0.2) is 32.5 Å². The summed E-state index contributed by atoms with van der Waals surface area (Å²) in [5, 5.41) is 11.5. The third-order valence-corrected chi connectivity index (χ3v) is 5.97. The molecule has 1 aliphatic rings. The summed E-state index contributed by atoms with van der Waals surface area (Å²) in [5.41, 5.74) is 1.36. The zero-order chi connectivity index (χ0) is 25.9. The summed E-state index contributed by atoms with van der Waals surface area (Å²) >= 11 is 0. The molecule has 1 aliphatic heterocycles. The van der Waals surface area contributed by atoms with Gasteiger partial charge in [0.1, 0.15) is 12.4 Å². The van der Waals surface area contributed by atoms with Gasteiger partial charge in [0.2, 0.25) is 22.3 Å². The molecule has 0 unspecified atom stereocenters. The lowest BCUT2D eigenvalue weighted by atomic mass is 9.92. The molecule has 0 radical (unpaired) electrons. The van der Waals surface area contributed by atoms with Crippen molar-refractivity contribution in [2.75, 3.05) is 37.9 Å². The highest BCUT2D eigenvalue weighted by molar-refractivity contribution is 7.88. The van der Waals surface area contributed by atoms with Crippen LogP contribution in [0.2, 0.25) is 0 Å². The molecule has 0 bridgehead atoms. The zero-order valence-electron chi connectivity index (χ0n) is 19.5. The molecule has 14 heteroatoms. The number of sulfonamides is 1. The summed E-state index contributed by atoms with van der Waals surface area (Å²) in [5.74, 6) is -1.03. The predicted molar refractivity (Wildman–Crippen MR) is 127 cm³/mol. The number of benzene rings is 1. The number of ether oxygens (including phenoxy) is 2. The van der Waals surface area contributed by atoms with Gasteiger partial charge >= 0.3 is 5.97 Å². The van der Waals surface area contributed by atoms with Crippen LogP contribution in [0.3, 0.4) is 0 Å². The van der Waals surface area contributed by atoms with Crippen LogP contribution >= 0.6 is 0 Å². The molecular formula is C22H25FN6O6S. The highest BCUT2D eigenvalue weighted by atomic mass is 32.2. The lowest BCUT2D eigenvalue weighted by Gasteiger charge is -2.36. The maximum atomic E-state index is 13.5. The topological polar surface area (TPSA) is 168 Å². The van der Waals surface area contributed by atoms with Crippen molar-refractivity contribution in [2.24, 2.45) is 5.41 Å². The Morgan fingerprint density at radius 1 is 1.22 bits per heavy atom. The van der Waals surface area contributed by atoms with E-state index >= 15 is 0 Å². The number of carbonyl (C=O) groups is 1. The molecule has 2 aromatic heterocycles. The molecule has 4 rings (SSSR count). The van der Waals surface area contributed by atoms with Crippen LogP contribution in [0.4, 0.5) is 10.3 Å². The normalized spacial score (nSPS) is 20.2. The zero-order valence-corrected chi connectivity index (χ0v) is 20.3. The maximum absolute atomic E-state index is 13.5. The Bertz CT molecular complexity index is 1340. The van der Waals surface area contributed by atoms with E-state index in [1.54, 1.807) is 18.2 Å². The molecule has 0 amide bonds. The van der Waals surface area contributed by atoms with E-state index < -0.39 is 33.5 Å². The minimum atomic E-state index is -3.36. The molecular weight excluding hydrogens is 495 g/mol. The minimum absolute atomic E-state index is 0.107. The van der Waals surface area contributed by atoms with Gasteiger partial charge in [0, 0.05) is 23.7 Å². The second kappa shape index (κ2) is 10.3. The van der Waals surface area contributed by atoms with Crippen molar-refractivity contribution in [3.63, 3.8) is 0 Å². The van der Waals surface area contributed by atoms with Crippen LogP contribution in [0, 0.1) is 11.2 Å². The number of hydrogen-bond donors (Lipinski definition) is 4. The monoisotopic (exact) mass is 520 g/mol. The summed E-state index contributed by atoms with van der Waals surface area (Å²) in [4.78, 5) is 27.1. The van der Waals surface area contributed by atoms with E-state index in [1.165, 1.54) is 18.3 Å². The summed E-state index contributed by atoms with van der Waals surface area (Å²) in [6.45, 7) is 2.04. The van der Waals surface area contributed by atoms with Crippen molar-refractivity contribution in [2.45, 2.75) is 13.2 Å². The summed E-state index contributed by atoms with van der Waals surface area (Å²) in [6.07, 6.45) is 1.69. The average Bonchev–Trinajstić information content (AvgIpc) is 3.28. The van der Waals surface area contributed by atoms with Crippen molar-refractivity contribution in [3.8, 4) is 22.6 Å². The average molecular weight is 521 g/mol. The van der Waals surface area contributed by atoms with Crippen molar-refractivity contribution in [3.05, 3.63) is 48.2 Å². The Hall–Kier alpha value is -3.46. The van der Waals surface area contributed by atoms with Gasteiger partial charge in [-0.1, -0.05) is 6.92 Å². The standard InChI is InChI=1S/C22H25FN6O6S/c1-22(10-26-36(2,32)33)11-34-20(35-12-22)19-28-17(13-3-5-14(23)6-4-13)18(29-19)15-7-8-24-21(27-15)25-9-16(30)31/h3-8,20,26H,9-12H2,1-2H3,(H,28,29)(H,30,31)(H,24,25,27). The van der Waals surface area contributed by atoms with Crippen LogP contribution in [0.25, 0.3) is 22.6 Å². The number of nitrogens with zero attached hydrogens (tertiary/aromatic N) is 3. The second-order valence-electron chi connectivity index (χ2n) is 8.72. The molecule has 1 saturated heterocycles. The Labute approximate surface area is 206 Å². The number of H-pyrrole nitrogens is 1. The van der Waals surface area contributed by atoms with Crippen molar-refractivity contribution >= 4 is 21.9 Å². The second-order valence-corrected chi connectivity index (χ2v) is 10.6. The number of imidazole rings is 1. The third-order valence-electron chi connectivity index (χ3n) is 5.30. The molecule has 1 fully saturated rings. The van der Waals surface area contributed by atoms with E-state index in [-0.39, 0.29) is 32.3 Å². The van der Waals surface area contributed by atoms with Gasteiger partial charge in [0.25, 0.3) is 0 Å². The summed E-state index contributed by atoms with van der Waals surface area (Å²) in [6, 6.07) is 7.37. The molecule has 1 aromatic carbocycles. The number of aromatic nitrogens is 4. The summed E-state index contributed by atoms with van der Waals surface area (Å²) < 4.78 is 50.7. The first-order chi connectivity index (χ1) is 17.0. The number of carboxylic acid groups (broad SMARTS) is 1. The molecule has 192 valence electrons. The SMILES string of the molecule is CC1(CNS(C)(=O)=O)COC(c2nc(-c3ccc(F)cc3)c(-c3ccnc(NCC(=O)O)n3)[nH]2)OC1. The van der Waals surface area contributed by atoms with E-state index in [0.717, 1.165) is 6.26 Å². The van der Waals surface area contributed by atoms with E-state index in [0.29, 0.717) is 28.5 Å². The Morgan fingerprint density at radius 3 is 2.56 bits per heavy atom. The molecule has 3 aromatic rings. The highest BCUT2D eigenvalue weighted by Crippen LogP contribution is 2.35. The van der Waals surface area contributed by atoms with Crippen LogP contribution in [-0.2, 0) is 24.3 Å². The van der Waals surface area contributed by atoms with Crippen LogP contribution in [0.15, 0.2) is 36.5 Å². The van der Waals surface area contributed by atoms with Crippen LogP contribution in [0.5, 0.6) is 0 Å². The smallest absolute Gasteiger partial charge is 0.322 e. The fraction of sp³-hybridized carbons (Fsp3) is 0.364. The number of carboxylic acids is 1. The fourth-order valence-corrected chi connectivity index (χ4v) is 4.06. The first kappa shape index (κ1) is 25.6. The van der Waals surface area contributed by atoms with E-state index in [9.17, 15) is 17.6 Å². The minimum Gasteiger partial charge on any atom is -0.480 e. The lowest BCUT2D eigenvalue weighted by molar-refractivity contribution is -0.231. The number of nitrogens with one attached hydrogen (secondary N) is 3. The van der Waals surface area contributed by atoms with Gasteiger partial charge in [0.15, 0.2) is 5.82 Å². The van der Waals surface area contributed by atoms with E-state index in [1.807, 2.05) is 6.92 Å². The molecule has 0 aliphatic carbocycles. The molecule has 36 heavy (non-hydrogen) atoms. The van der Waals surface area contributed by atoms with Gasteiger partial charge in [-0.05, 0) is 30.3 Å². The Balaban J connectivity index is 1.62. The third kappa shape index (κ3) is 6.40. The van der Waals surface area contributed by atoms with Crippen LogP contribution in [0.1, 0.15) is 19.0 Å². The molecule has 4 N–H and O–H groups in total. The van der Waals surface area contributed by atoms with Gasteiger partial charge in [-0.2, -0.15) is 0 Å². The van der Waals surface area contributed by atoms with Gasteiger partial charge in [-0.15, -0.1) is 0 Å². The van der Waals surface area contributed by atoms with Gasteiger partial charge in [0.05, 0.1) is 36.6 Å². The number of aromatic amines is 1. The number of anilines is 1. The molecule has 3 heterocycles. The quantitative estimate of drug-likeness (QED) is 0.326. The molecule has 0 atom stereocenters. The fourth-order valence-electron chi connectivity index (χ4n) is 3.45. The van der Waals surface area contributed by atoms with Crippen LogP contribution < -0.4 is 10.0 Å². The van der Waals surface area contributed by atoms with Crippen LogP contribution in [-0.4, -0.2) is 72.0 Å². The van der Waals surface area contributed by atoms with E-state index in [4.69, 9.17) is 14.6 Å². The number of hydrogen-bond acceptors (Lipinski definition) is 9. The Kier molecular flexibility index (Phi) is 7.31. The molecule has 0 saturated carbocycles.